The van der Waals surface area contributed by atoms with Gasteiger partial charge in [0.1, 0.15) is 17.6 Å². The van der Waals surface area contributed by atoms with Crippen molar-refractivity contribution in [3.8, 4) is 6.07 Å². The highest BCUT2D eigenvalue weighted by Crippen LogP contribution is 2.14. The number of nitrogens with one attached hydrogen (secondary N) is 1. The molecule has 1 heterocycles. The van der Waals surface area contributed by atoms with Crippen LogP contribution in [0.2, 0.25) is 0 Å². The van der Waals surface area contributed by atoms with E-state index in [4.69, 9.17) is 9.68 Å². The van der Waals surface area contributed by atoms with E-state index in [0.717, 1.165) is 5.56 Å². The Hall–Kier alpha value is -2.12. The van der Waals surface area contributed by atoms with Crippen molar-refractivity contribution in [2.24, 2.45) is 0 Å². The molecule has 1 N–H and O–H groups in total. The molecule has 2 rings (SSSR count). The third-order valence-corrected chi connectivity index (χ3v) is 2.90. The molecule has 98 valence electrons. The van der Waals surface area contributed by atoms with Crippen LogP contribution in [0.5, 0.6) is 0 Å². The van der Waals surface area contributed by atoms with Crippen LogP contribution in [0, 0.1) is 31.0 Å². The predicted molar refractivity (Wildman–Crippen MR) is 69.8 cm³/mol. The van der Waals surface area contributed by atoms with Crippen LogP contribution in [0.25, 0.3) is 0 Å². The Balaban J connectivity index is 1.94. The molecule has 0 atom stereocenters. The predicted octanol–water partition coefficient (Wildman–Crippen LogP) is 3.20. The number of rotatable bonds is 4. The molecule has 0 radical (unpaired) electrons. The zero-order valence-electron chi connectivity index (χ0n) is 11.0. The molecular weight excluding hydrogens is 243 g/mol. The van der Waals surface area contributed by atoms with Gasteiger partial charge in [0, 0.05) is 6.54 Å². The van der Waals surface area contributed by atoms with Crippen LogP contribution in [-0.2, 0) is 13.1 Å². The van der Waals surface area contributed by atoms with Crippen molar-refractivity contribution in [1.82, 2.24) is 5.32 Å². The maximum absolute atomic E-state index is 13.5. The van der Waals surface area contributed by atoms with Crippen LogP contribution < -0.4 is 5.32 Å². The van der Waals surface area contributed by atoms with Crippen LogP contribution in [0.3, 0.4) is 0 Å². The molecule has 4 heteroatoms. The molecule has 0 saturated carbocycles. The van der Waals surface area contributed by atoms with Crippen LogP contribution in [0.4, 0.5) is 4.39 Å². The first-order valence-electron chi connectivity index (χ1n) is 6.05. The smallest absolute Gasteiger partial charge is 0.203 e. The maximum atomic E-state index is 13.5. The number of nitriles is 1. The van der Waals surface area contributed by atoms with Crippen molar-refractivity contribution in [1.29, 1.82) is 5.26 Å². The van der Waals surface area contributed by atoms with Gasteiger partial charge in [-0.05, 0) is 42.7 Å². The number of benzene rings is 1. The van der Waals surface area contributed by atoms with E-state index in [2.05, 4.69) is 5.32 Å². The van der Waals surface area contributed by atoms with Gasteiger partial charge in [0.15, 0.2) is 0 Å². The minimum Gasteiger partial charge on any atom is -0.449 e. The van der Waals surface area contributed by atoms with Crippen LogP contribution in [0.1, 0.15) is 28.2 Å². The van der Waals surface area contributed by atoms with Gasteiger partial charge in [0.25, 0.3) is 0 Å². The second-order valence-electron chi connectivity index (χ2n) is 4.52. The summed E-state index contributed by atoms with van der Waals surface area (Å²) in [5.74, 6) is 0.880. The third kappa shape index (κ3) is 3.21. The highest BCUT2D eigenvalue weighted by molar-refractivity contribution is 5.30. The minimum atomic E-state index is -0.145. The first kappa shape index (κ1) is 13.3. The summed E-state index contributed by atoms with van der Waals surface area (Å²) in [7, 11) is 0. The monoisotopic (exact) mass is 258 g/mol. The molecule has 0 spiro atoms. The second-order valence-corrected chi connectivity index (χ2v) is 4.52. The standard InChI is InChI=1S/C15H15FN2O/c1-10-5-12(6-11(2)15(10)16)8-18-9-14-4-3-13(7-17)19-14/h3-6,18H,8-9H2,1-2H3. The topological polar surface area (TPSA) is 49.0 Å². The highest BCUT2D eigenvalue weighted by atomic mass is 19.1. The van der Waals surface area contributed by atoms with Crippen LogP contribution in [-0.4, -0.2) is 0 Å². The van der Waals surface area contributed by atoms with Gasteiger partial charge in [-0.25, -0.2) is 4.39 Å². The van der Waals surface area contributed by atoms with E-state index in [-0.39, 0.29) is 5.82 Å². The van der Waals surface area contributed by atoms with Gasteiger partial charge in [-0.3, -0.25) is 0 Å². The summed E-state index contributed by atoms with van der Waals surface area (Å²) in [4.78, 5) is 0. The van der Waals surface area contributed by atoms with Crippen molar-refractivity contribution in [2.45, 2.75) is 26.9 Å². The van der Waals surface area contributed by atoms with Crippen molar-refractivity contribution >= 4 is 0 Å². The fraction of sp³-hybridized carbons (Fsp3) is 0.267. The first-order valence-corrected chi connectivity index (χ1v) is 6.05. The fourth-order valence-electron chi connectivity index (χ4n) is 2.00. The summed E-state index contributed by atoms with van der Waals surface area (Å²) < 4.78 is 18.7. The quantitative estimate of drug-likeness (QED) is 0.916. The average molecular weight is 258 g/mol. The fourth-order valence-corrected chi connectivity index (χ4v) is 2.00. The summed E-state index contributed by atoms with van der Waals surface area (Å²) in [6, 6.07) is 9.02. The van der Waals surface area contributed by atoms with E-state index in [9.17, 15) is 4.39 Å². The van der Waals surface area contributed by atoms with Gasteiger partial charge in [-0.15, -0.1) is 0 Å². The van der Waals surface area contributed by atoms with E-state index in [1.807, 2.05) is 18.2 Å². The first-order chi connectivity index (χ1) is 9.10. The molecule has 0 unspecified atom stereocenters. The number of halogens is 1. The van der Waals surface area contributed by atoms with Crippen molar-refractivity contribution in [2.75, 3.05) is 0 Å². The number of hydrogen-bond acceptors (Lipinski definition) is 3. The van der Waals surface area contributed by atoms with Crippen LogP contribution >= 0.6 is 0 Å². The molecule has 0 aliphatic carbocycles. The molecule has 1 aromatic heterocycles. The zero-order chi connectivity index (χ0) is 13.8. The molecule has 0 amide bonds. The molecule has 0 bridgehead atoms. The summed E-state index contributed by atoms with van der Waals surface area (Å²) in [5.41, 5.74) is 2.34. The Morgan fingerprint density at radius 2 is 1.89 bits per heavy atom. The normalized spacial score (nSPS) is 10.4. The Labute approximate surface area is 111 Å². The number of hydrogen-bond donors (Lipinski definition) is 1. The zero-order valence-corrected chi connectivity index (χ0v) is 11.0. The van der Waals surface area contributed by atoms with Gasteiger partial charge in [0.05, 0.1) is 6.54 Å². The van der Waals surface area contributed by atoms with Crippen molar-refractivity contribution in [3.05, 3.63) is 58.3 Å². The van der Waals surface area contributed by atoms with Crippen molar-refractivity contribution < 1.29 is 8.81 Å². The minimum absolute atomic E-state index is 0.145. The Kier molecular flexibility index (Phi) is 3.98. The Morgan fingerprint density at radius 3 is 2.47 bits per heavy atom. The summed E-state index contributed by atoms with van der Waals surface area (Å²) >= 11 is 0. The Morgan fingerprint density at radius 1 is 1.21 bits per heavy atom. The Bertz CT molecular complexity index is 602. The lowest BCUT2D eigenvalue weighted by Gasteiger charge is -2.07. The van der Waals surface area contributed by atoms with Gasteiger partial charge < -0.3 is 9.73 Å². The molecule has 0 aliphatic rings. The SMILES string of the molecule is Cc1cc(CNCc2ccc(C#N)o2)cc(C)c1F. The van der Waals surface area contributed by atoms with Crippen molar-refractivity contribution in [3.63, 3.8) is 0 Å². The van der Waals surface area contributed by atoms with E-state index < -0.39 is 0 Å². The molecule has 1 aromatic carbocycles. The lowest BCUT2D eigenvalue weighted by atomic mass is 10.1. The number of aryl methyl sites for hydroxylation is 2. The molecule has 0 saturated heterocycles. The van der Waals surface area contributed by atoms with Gasteiger partial charge in [-0.2, -0.15) is 5.26 Å². The van der Waals surface area contributed by atoms with E-state index in [0.29, 0.717) is 35.7 Å². The maximum Gasteiger partial charge on any atom is 0.203 e. The van der Waals surface area contributed by atoms with E-state index in [1.54, 1.807) is 26.0 Å². The molecule has 0 fully saturated rings. The molecular formula is C15H15FN2O. The van der Waals surface area contributed by atoms with E-state index in [1.165, 1.54) is 0 Å². The molecule has 3 nitrogen and oxygen atoms in total. The number of furan rings is 1. The average Bonchev–Trinajstić information content (AvgIpc) is 2.84. The third-order valence-electron chi connectivity index (χ3n) is 2.90. The van der Waals surface area contributed by atoms with Gasteiger partial charge in [0.2, 0.25) is 5.76 Å². The lowest BCUT2D eigenvalue weighted by Crippen LogP contribution is -2.12. The molecule has 19 heavy (non-hydrogen) atoms. The second kappa shape index (κ2) is 5.68. The molecule has 2 aromatic rings. The largest absolute Gasteiger partial charge is 0.449 e. The lowest BCUT2D eigenvalue weighted by molar-refractivity contribution is 0.473. The highest BCUT2D eigenvalue weighted by Gasteiger charge is 2.05. The van der Waals surface area contributed by atoms with Gasteiger partial charge in [-0.1, -0.05) is 12.1 Å². The van der Waals surface area contributed by atoms with Crippen LogP contribution in [0.15, 0.2) is 28.7 Å². The summed E-state index contributed by atoms with van der Waals surface area (Å²) in [6.45, 7) is 4.69. The number of nitrogens with zero attached hydrogens (tertiary/aromatic N) is 1. The molecule has 0 aliphatic heterocycles. The summed E-state index contributed by atoms with van der Waals surface area (Å²) in [6.07, 6.45) is 0. The van der Waals surface area contributed by atoms with E-state index >= 15 is 0 Å². The summed E-state index contributed by atoms with van der Waals surface area (Å²) in [5, 5.41) is 11.8. The van der Waals surface area contributed by atoms with Gasteiger partial charge >= 0.3 is 0 Å².